The lowest BCUT2D eigenvalue weighted by molar-refractivity contribution is -0.106. The van der Waals surface area contributed by atoms with Gasteiger partial charge in [-0.1, -0.05) is 60.2 Å². The molecule has 0 spiro atoms. The van der Waals surface area contributed by atoms with Crippen molar-refractivity contribution in [1.82, 2.24) is 0 Å². The van der Waals surface area contributed by atoms with Crippen LogP contribution in [0.25, 0.3) is 0 Å². The fraction of sp³-hybridized carbons (Fsp3) is 0.308. The molecule has 148 valence electrons. The normalized spacial score (nSPS) is 27.2. The molecule has 29 heavy (non-hydrogen) atoms. The van der Waals surface area contributed by atoms with Gasteiger partial charge in [-0.05, 0) is 49.4 Å². The molecule has 0 amide bonds. The second-order valence-electron chi connectivity index (χ2n) is 8.38. The summed E-state index contributed by atoms with van der Waals surface area (Å²) >= 11 is 0. The standard InChI is InChI=1S/C26H26O3/c1-17-9-11-20(12-10-17)26-22(19-7-5-4-6-8-19)13-14-25(26,27)24-18(2)15-21(28-3)16-23(24)29-26/h4-12,15-16,22,27H,13-14H2,1-3H3/t22-,25?,26-/m0/s1. The highest BCUT2D eigenvalue weighted by Gasteiger charge is 2.68. The number of aryl methyl sites for hydroxylation is 2. The Labute approximate surface area is 171 Å². The minimum Gasteiger partial charge on any atom is -0.497 e. The number of benzene rings is 3. The first kappa shape index (κ1) is 18.3. The summed E-state index contributed by atoms with van der Waals surface area (Å²) in [6.45, 7) is 4.11. The molecule has 1 saturated carbocycles. The third kappa shape index (κ3) is 2.40. The third-order valence-corrected chi connectivity index (χ3v) is 6.78. The molecule has 1 unspecified atom stereocenters. The van der Waals surface area contributed by atoms with Gasteiger partial charge in [-0.3, -0.25) is 0 Å². The van der Waals surface area contributed by atoms with E-state index in [0.29, 0.717) is 6.42 Å². The van der Waals surface area contributed by atoms with Gasteiger partial charge in [0, 0.05) is 17.5 Å². The van der Waals surface area contributed by atoms with E-state index in [1.807, 2.05) is 25.1 Å². The van der Waals surface area contributed by atoms with Gasteiger partial charge in [0.1, 0.15) is 17.1 Å². The first-order valence-corrected chi connectivity index (χ1v) is 10.2. The number of aliphatic hydroxyl groups is 1. The van der Waals surface area contributed by atoms with Gasteiger partial charge in [-0.25, -0.2) is 0 Å². The summed E-state index contributed by atoms with van der Waals surface area (Å²) in [5, 5.41) is 12.3. The number of hydrogen-bond acceptors (Lipinski definition) is 3. The lowest BCUT2D eigenvalue weighted by Crippen LogP contribution is -2.48. The molecular weight excluding hydrogens is 360 g/mol. The van der Waals surface area contributed by atoms with Crippen LogP contribution in [-0.4, -0.2) is 12.2 Å². The molecule has 0 radical (unpaired) electrons. The molecule has 0 bridgehead atoms. The Bertz CT molecular complexity index is 1060. The minimum atomic E-state index is -1.09. The summed E-state index contributed by atoms with van der Waals surface area (Å²) in [4.78, 5) is 0. The fourth-order valence-corrected chi connectivity index (χ4v) is 5.51. The molecule has 1 N–H and O–H groups in total. The largest absolute Gasteiger partial charge is 0.497 e. The van der Waals surface area contributed by atoms with Crippen LogP contribution in [0.4, 0.5) is 0 Å². The highest BCUT2D eigenvalue weighted by Crippen LogP contribution is 2.67. The molecule has 2 aliphatic rings. The summed E-state index contributed by atoms with van der Waals surface area (Å²) in [5.74, 6) is 1.53. The van der Waals surface area contributed by atoms with Gasteiger partial charge in [-0.15, -0.1) is 0 Å². The van der Waals surface area contributed by atoms with Crippen LogP contribution >= 0.6 is 0 Å². The zero-order valence-electron chi connectivity index (χ0n) is 17.1. The maximum atomic E-state index is 12.3. The van der Waals surface area contributed by atoms with Gasteiger partial charge in [0.2, 0.25) is 0 Å². The van der Waals surface area contributed by atoms with Gasteiger partial charge >= 0.3 is 0 Å². The molecule has 1 aliphatic carbocycles. The molecule has 3 nitrogen and oxygen atoms in total. The van der Waals surface area contributed by atoms with Crippen molar-refractivity contribution in [1.29, 1.82) is 0 Å². The van der Waals surface area contributed by atoms with Crippen molar-refractivity contribution in [3.05, 3.63) is 94.5 Å². The van der Waals surface area contributed by atoms with Gasteiger partial charge < -0.3 is 14.6 Å². The molecular formula is C26H26O3. The molecule has 5 rings (SSSR count). The van der Waals surface area contributed by atoms with Crippen LogP contribution in [0.1, 0.15) is 46.6 Å². The van der Waals surface area contributed by atoms with E-state index in [9.17, 15) is 5.11 Å². The Morgan fingerprint density at radius 3 is 2.41 bits per heavy atom. The van der Waals surface area contributed by atoms with Crippen LogP contribution in [0.2, 0.25) is 0 Å². The van der Waals surface area contributed by atoms with E-state index in [-0.39, 0.29) is 5.92 Å². The van der Waals surface area contributed by atoms with Gasteiger partial charge in [0.15, 0.2) is 5.60 Å². The van der Waals surface area contributed by atoms with Crippen LogP contribution in [0.15, 0.2) is 66.7 Å². The molecule has 1 aliphatic heterocycles. The Morgan fingerprint density at radius 2 is 1.72 bits per heavy atom. The van der Waals surface area contributed by atoms with Gasteiger partial charge in [0.05, 0.1) is 7.11 Å². The van der Waals surface area contributed by atoms with Crippen molar-refractivity contribution in [2.45, 2.75) is 43.8 Å². The van der Waals surface area contributed by atoms with Crippen molar-refractivity contribution in [3.8, 4) is 11.5 Å². The number of ether oxygens (including phenoxy) is 2. The molecule has 3 heteroatoms. The summed E-state index contributed by atoms with van der Waals surface area (Å²) < 4.78 is 12.3. The third-order valence-electron chi connectivity index (χ3n) is 6.78. The van der Waals surface area contributed by atoms with E-state index < -0.39 is 11.2 Å². The summed E-state index contributed by atoms with van der Waals surface area (Å²) in [6.07, 6.45) is 1.51. The van der Waals surface area contributed by atoms with E-state index in [4.69, 9.17) is 9.47 Å². The number of fused-ring (bicyclic) bond motifs is 3. The average Bonchev–Trinajstić information content (AvgIpc) is 3.16. The lowest BCUT2D eigenvalue weighted by atomic mass is 9.71. The number of methoxy groups -OCH3 is 1. The zero-order chi connectivity index (χ0) is 20.2. The van der Waals surface area contributed by atoms with E-state index >= 15 is 0 Å². The predicted molar refractivity (Wildman–Crippen MR) is 114 cm³/mol. The van der Waals surface area contributed by atoms with Gasteiger partial charge in [-0.2, -0.15) is 0 Å². The topological polar surface area (TPSA) is 38.7 Å². The number of rotatable bonds is 3. The van der Waals surface area contributed by atoms with E-state index in [1.54, 1.807) is 7.11 Å². The van der Waals surface area contributed by atoms with Crippen LogP contribution in [-0.2, 0) is 11.2 Å². The van der Waals surface area contributed by atoms with E-state index in [2.05, 4.69) is 55.5 Å². The monoisotopic (exact) mass is 386 g/mol. The molecule has 0 saturated heterocycles. The highest BCUT2D eigenvalue weighted by atomic mass is 16.5. The van der Waals surface area contributed by atoms with E-state index in [1.165, 1.54) is 11.1 Å². The fourth-order valence-electron chi connectivity index (χ4n) is 5.51. The molecule has 1 heterocycles. The summed E-state index contributed by atoms with van der Waals surface area (Å²) in [6, 6.07) is 22.8. The highest BCUT2D eigenvalue weighted by molar-refractivity contribution is 5.58. The Kier molecular flexibility index (Phi) is 4.01. The van der Waals surface area contributed by atoms with Crippen molar-refractivity contribution in [2.24, 2.45) is 0 Å². The maximum Gasteiger partial charge on any atom is 0.173 e. The van der Waals surface area contributed by atoms with Crippen LogP contribution in [0.3, 0.4) is 0 Å². The molecule has 3 aromatic rings. The Hall–Kier alpha value is -2.78. The van der Waals surface area contributed by atoms with Crippen molar-refractivity contribution in [2.75, 3.05) is 7.11 Å². The van der Waals surface area contributed by atoms with Crippen LogP contribution < -0.4 is 9.47 Å². The molecule has 0 aromatic heterocycles. The zero-order valence-corrected chi connectivity index (χ0v) is 17.1. The molecule has 1 fully saturated rings. The van der Waals surface area contributed by atoms with Crippen LogP contribution in [0.5, 0.6) is 11.5 Å². The van der Waals surface area contributed by atoms with Crippen molar-refractivity contribution in [3.63, 3.8) is 0 Å². The van der Waals surface area contributed by atoms with Crippen molar-refractivity contribution >= 4 is 0 Å². The minimum absolute atomic E-state index is 0.0502. The quantitative estimate of drug-likeness (QED) is 0.658. The SMILES string of the molecule is COc1cc(C)c2c(c1)O[C@@]1(c3ccc(C)cc3)[C@H](c3ccccc3)CCC21O. The first-order valence-electron chi connectivity index (χ1n) is 10.2. The summed E-state index contributed by atoms with van der Waals surface area (Å²) in [7, 11) is 1.66. The molecule has 3 aromatic carbocycles. The maximum absolute atomic E-state index is 12.3. The molecule has 3 atom stereocenters. The second kappa shape index (κ2) is 6.36. The van der Waals surface area contributed by atoms with Gasteiger partial charge in [0.25, 0.3) is 0 Å². The predicted octanol–water partition coefficient (Wildman–Crippen LogP) is 5.37. The summed E-state index contributed by atoms with van der Waals surface area (Å²) in [5.41, 5.74) is 3.36. The lowest BCUT2D eigenvalue weighted by Gasteiger charge is -2.40. The average molecular weight is 386 g/mol. The Morgan fingerprint density at radius 1 is 1.00 bits per heavy atom. The first-order chi connectivity index (χ1) is 14.0. The number of hydrogen-bond donors (Lipinski definition) is 1. The van der Waals surface area contributed by atoms with E-state index in [0.717, 1.165) is 34.6 Å². The second-order valence-corrected chi connectivity index (χ2v) is 8.38. The Balaban J connectivity index is 1.78. The van der Waals surface area contributed by atoms with Crippen LogP contribution in [0, 0.1) is 13.8 Å². The smallest absolute Gasteiger partial charge is 0.173 e. The van der Waals surface area contributed by atoms with Crippen molar-refractivity contribution < 1.29 is 14.6 Å².